The number of unbranched alkanes of at least 4 members (excludes halogenated alkanes) is 5. The lowest BCUT2D eigenvalue weighted by Crippen LogP contribution is -2.02. The van der Waals surface area contributed by atoms with Gasteiger partial charge in [-0.1, -0.05) is 67.4 Å². The minimum Gasteiger partial charge on any atom is -0.388 e. The molecule has 1 N–H and O–H groups in total. The van der Waals surface area contributed by atoms with E-state index in [1.165, 1.54) is 31.7 Å². The molecule has 0 saturated heterocycles. The second-order valence-corrected chi connectivity index (χ2v) is 5.56. The molecule has 0 fully saturated rings. The molecule has 0 aromatic heterocycles. The Morgan fingerprint density at radius 1 is 1.17 bits per heavy atom. The molecule has 1 nitrogen and oxygen atoms in total. The highest BCUT2D eigenvalue weighted by atomic mass is 79.9. The number of hydrogen-bond donors (Lipinski definition) is 1. The molecule has 0 aliphatic heterocycles. The molecule has 0 aliphatic carbocycles. The Bertz CT molecular complexity index is 334. The summed E-state index contributed by atoms with van der Waals surface area (Å²) in [5, 5.41) is 10.0. The van der Waals surface area contributed by atoms with Gasteiger partial charge in [0, 0.05) is 10.0 Å². The number of aliphatic hydroxyl groups is 1. The highest BCUT2D eigenvalue weighted by Gasteiger charge is 2.15. The largest absolute Gasteiger partial charge is 0.388 e. The van der Waals surface area contributed by atoms with Gasteiger partial charge in [-0.25, -0.2) is 4.39 Å². The fraction of sp³-hybridized carbons (Fsp3) is 0.600. The van der Waals surface area contributed by atoms with E-state index in [0.29, 0.717) is 16.5 Å². The molecule has 1 unspecified atom stereocenters. The van der Waals surface area contributed by atoms with Crippen LogP contribution in [0, 0.1) is 5.82 Å². The normalized spacial score (nSPS) is 12.7. The summed E-state index contributed by atoms with van der Waals surface area (Å²) in [5.74, 6) is -0.331. The Balaban J connectivity index is 2.34. The number of rotatable bonds is 8. The van der Waals surface area contributed by atoms with E-state index < -0.39 is 6.10 Å². The molecule has 0 spiro atoms. The van der Waals surface area contributed by atoms with Crippen molar-refractivity contribution in [3.63, 3.8) is 0 Å². The summed E-state index contributed by atoms with van der Waals surface area (Å²) >= 11 is 3.29. The number of aliphatic hydroxyl groups excluding tert-OH is 1. The molecule has 1 rings (SSSR count). The summed E-state index contributed by atoms with van der Waals surface area (Å²) in [6.45, 7) is 2.19. The first-order valence-electron chi connectivity index (χ1n) is 6.78. The van der Waals surface area contributed by atoms with E-state index in [9.17, 15) is 9.50 Å². The van der Waals surface area contributed by atoms with Crippen LogP contribution in [0.4, 0.5) is 4.39 Å². The van der Waals surface area contributed by atoms with Gasteiger partial charge < -0.3 is 5.11 Å². The van der Waals surface area contributed by atoms with Crippen molar-refractivity contribution in [3.05, 3.63) is 34.1 Å². The Morgan fingerprint density at radius 3 is 2.50 bits per heavy atom. The standard InChI is InChI=1S/C15H22BrFO/c1-2-3-4-5-6-7-11-14(18)15-12(16)9-8-10-13(15)17/h8-10,14,18H,2-7,11H2,1H3. The van der Waals surface area contributed by atoms with Gasteiger partial charge in [-0.2, -0.15) is 0 Å². The zero-order valence-corrected chi connectivity index (χ0v) is 12.5. The van der Waals surface area contributed by atoms with Crippen molar-refractivity contribution in [3.8, 4) is 0 Å². The zero-order chi connectivity index (χ0) is 13.4. The summed E-state index contributed by atoms with van der Waals surface area (Å²) < 4.78 is 14.2. The average Bonchev–Trinajstić information content (AvgIpc) is 2.33. The maximum Gasteiger partial charge on any atom is 0.130 e. The maximum absolute atomic E-state index is 13.6. The van der Waals surface area contributed by atoms with Crippen molar-refractivity contribution in [1.29, 1.82) is 0 Å². The lowest BCUT2D eigenvalue weighted by Gasteiger charge is -2.13. The molecule has 0 radical (unpaired) electrons. The Kier molecular flexibility index (Phi) is 7.52. The van der Waals surface area contributed by atoms with Gasteiger partial charge in [0.05, 0.1) is 6.10 Å². The Hall–Kier alpha value is -0.410. The molecule has 0 heterocycles. The van der Waals surface area contributed by atoms with Crippen molar-refractivity contribution in [2.75, 3.05) is 0 Å². The maximum atomic E-state index is 13.6. The van der Waals surface area contributed by atoms with Gasteiger partial charge in [0.15, 0.2) is 0 Å². The molecule has 102 valence electrons. The molecule has 1 aromatic carbocycles. The predicted molar refractivity (Wildman–Crippen MR) is 77.1 cm³/mol. The predicted octanol–water partition coefficient (Wildman–Crippen LogP) is 5.37. The summed E-state index contributed by atoms with van der Waals surface area (Å²) in [7, 11) is 0. The fourth-order valence-corrected chi connectivity index (χ4v) is 2.70. The number of hydrogen-bond acceptors (Lipinski definition) is 1. The molecule has 18 heavy (non-hydrogen) atoms. The van der Waals surface area contributed by atoms with Crippen LogP contribution in [0.1, 0.15) is 63.5 Å². The van der Waals surface area contributed by atoms with Crippen molar-refractivity contribution < 1.29 is 9.50 Å². The van der Waals surface area contributed by atoms with E-state index in [2.05, 4.69) is 22.9 Å². The molecule has 0 aliphatic rings. The van der Waals surface area contributed by atoms with Crippen LogP contribution in [0.25, 0.3) is 0 Å². The van der Waals surface area contributed by atoms with E-state index in [-0.39, 0.29) is 5.82 Å². The average molecular weight is 317 g/mol. The molecule has 0 bridgehead atoms. The van der Waals surface area contributed by atoms with E-state index in [1.807, 2.05) is 0 Å². The molecule has 1 atom stereocenters. The van der Waals surface area contributed by atoms with E-state index in [4.69, 9.17) is 0 Å². The molecule has 3 heteroatoms. The molecule has 1 aromatic rings. The lowest BCUT2D eigenvalue weighted by atomic mass is 10.0. The third-order valence-corrected chi connectivity index (χ3v) is 3.86. The van der Waals surface area contributed by atoms with E-state index in [1.54, 1.807) is 12.1 Å². The quantitative estimate of drug-likeness (QED) is 0.639. The van der Waals surface area contributed by atoms with Crippen molar-refractivity contribution >= 4 is 15.9 Å². The van der Waals surface area contributed by atoms with Gasteiger partial charge in [-0.05, 0) is 18.6 Å². The molecule has 0 saturated carbocycles. The zero-order valence-electron chi connectivity index (χ0n) is 11.0. The first-order chi connectivity index (χ1) is 8.66. The van der Waals surface area contributed by atoms with Crippen LogP contribution in [0.15, 0.2) is 22.7 Å². The van der Waals surface area contributed by atoms with Crippen LogP contribution in [0.2, 0.25) is 0 Å². The first-order valence-corrected chi connectivity index (χ1v) is 7.58. The fourth-order valence-electron chi connectivity index (χ4n) is 2.09. The van der Waals surface area contributed by atoms with Crippen molar-refractivity contribution in [1.82, 2.24) is 0 Å². The highest BCUT2D eigenvalue weighted by molar-refractivity contribution is 9.10. The minimum absolute atomic E-state index is 0.331. The topological polar surface area (TPSA) is 20.2 Å². The van der Waals surface area contributed by atoms with Gasteiger partial charge in [0.2, 0.25) is 0 Å². The van der Waals surface area contributed by atoms with Crippen molar-refractivity contribution in [2.24, 2.45) is 0 Å². The van der Waals surface area contributed by atoms with Gasteiger partial charge in [0.25, 0.3) is 0 Å². The third kappa shape index (κ3) is 5.07. The lowest BCUT2D eigenvalue weighted by molar-refractivity contribution is 0.158. The summed E-state index contributed by atoms with van der Waals surface area (Å²) in [5.41, 5.74) is 0.394. The smallest absolute Gasteiger partial charge is 0.130 e. The van der Waals surface area contributed by atoms with Gasteiger partial charge in [-0.3, -0.25) is 0 Å². The van der Waals surface area contributed by atoms with Crippen LogP contribution in [0.5, 0.6) is 0 Å². The van der Waals surface area contributed by atoms with E-state index in [0.717, 1.165) is 12.8 Å². The van der Waals surface area contributed by atoms with Crippen LogP contribution >= 0.6 is 15.9 Å². The van der Waals surface area contributed by atoms with Crippen molar-refractivity contribution in [2.45, 2.75) is 58.0 Å². The van der Waals surface area contributed by atoms with Crippen LogP contribution in [0.3, 0.4) is 0 Å². The third-order valence-electron chi connectivity index (χ3n) is 3.16. The Morgan fingerprint density at radius 2 is 1.83 bits per heavy atom. The summed E-state index contributed by atoms with van der Waals surface area (Å²) in [6.07, 6.45) is 6.98. The molecule has 0 amide bonds. The summed E-state index contributed by atoms with van der Waals surface area (Å²) in [6, 6.07) is 4.80. The second kappa shape index (κ2) is 8.65. The highest BCUT2D eigenvalue weighted by Crippen LogP contribution is 2.29. The number of benzene rings is 1. The van der Waals surface area contributed by atoms with Crippen LogP contribution < -0.4 is 0 Å². The van der Waals surface area contributed by atoms with Gasteiger partial charge >= 0.3 is 0 Å². The molecular formula is C15H22BrFO. The number of halogens is 2. The van der Waals surface area contributed by atoms with Gasteiger partial charge in [0.1, 0.15) is 5.82 Å². The monoisotopic (exact) mass is 316 g/mol. The first kappa shape index (κ1) is 15.6. The SMILES string of the molecule is CCCCCCCCC(O)c1c(F)cccc1Br. The van der Waals surface area contributed by atoms with Crippen LogP contribution in [-0.4, -0.2) is 5.11 Å². The van der Waals surface area contributed by atoms with Gasteiger partial charge in [-0.15, -0.1) is 0 Å². The second-order valence-electron chi connectivity index (χ2n) is 4.71. The van der Waals surface area contributed by atoms with E-state index >= 15 is 0 Å². The van der Waals surface area contributed by atoms with Crippen LogP contribution in [-0.2, 0) is 0 Å². The minimum atomic E-state index is -0.702. The molecular weight excluding hydrogens is 295 g/mol. The Labute approximate surface area is 118 Å². The summed E-state index contributed by atoms with van der Waals surface area (Å²) in [4.78, 5) is 0.